The zero-order valence-electron chi connectivity index (χ0n) is 20.7. The van der Waals surface area contributed by atoms with Crippen molar-refractivity contribution in [2.24, 2.45) is 5.73 Å². The van der Waals surface area contributed by atoms with E-state index in [9.17, 15) is 26.4 Å². The van der Waals surface area contributed by atoms with Crippen molar-refractivity contribution in [1.82, 2.24) is 9.29 Å². The molecule has 0 saturated carbocycles. The van der Waals surface area contributed by atoms with Crippen molar-refractivity contribution in [2.75, 3.05) is 26.3 Å². The Hall–Kier alpha value is -3.58. The van der Waals surface area contributed by atoms with Crippen LogP contribution >= 0.6 is 11.6 Å². The number of aromatic amines is 1. The molecule has 0 unspecified atom stereocenters. The maximum absolute atomic E-state index is 13.7. The number of aromatic nitrogens is 1. The molecule has 8 nitrogen and oxygen atoms in total. The van der Waals surface area contributed by atoms with Crippen molar-refractivity contribution in [1.29, 1.82) is 0 Å². The number of carbonyl (C=O) groups is 1. The van der Waals surface area contributed by atoms with Gasteiger partial charge >= 0.3 is 6.18 Å². The molecule has 4 aromatic rings. The van der Waals surface area contributed by atoms with E-state index in [4.69, 9.17) is 26.8 Å². The second-order valence-electron chi connectivity index (χ2n) is 9.12. The van der Waals surface area contributed by atoms with Crippen molar-refractivity contribution in [3.63, 3.8) is 0 Å². The number of alkyl halides is 3. The van der Waals surface area contributed by atoms with Gasteiger partial charge in [0.1, 0.15) is 29.0 Å². The Balaban J connectivity index is 1.31. The lowest BCUT2D eigenvalue weighted by Crippen LogP contribution is -2.47. The van der Waals surface area contributed by atoms with Crippen LogP contribution in [0.25, 0.3) is 22.0 Å². The highest BCUT2D eigenvalue weighted by atomic mass is 35.5. The lowest BCUT2D eigenvalue weighted by Gasteiger charge is -2.32. The summed E-state index contributed by atoms with van der Waals surface area (Å²) in [6.07, 6.45) is -5.15. The molecular weight excluding hydrogens is 571 g/mol. The largest absolute Gasteiger partial charge is 0.491 e. The number of ether oxygens (including phenoxy) is 2. The van der Waals surface area contributed by atoms with Crippen LogP contribution in [-0.4, -0.2) is 56.0 Å². The van der Waals surface area contributed by atoms with Gasteiger partial charge in [0.05, 0.1) is 12.2 Å². The molecule has 2 heterocycles. The summed E-state index contributed by atoms with van der Waals surface area (Å²) in [6.45, 7) is 0.0325. The molecule has 40 heavy (non-hydrogen) atoms. The average molecular weight is 594 g/mol. The zero-order chi connectivity index (χ0) is 28.7. The van der Waals surface area contributed by atoms with E-state index >= 15 is 0 Å². The standard InChI is InChI=1S/C27H23ClF3N3O5S/c28-17-7-10-23-21(13-17)25(24(33-23)26(32)35)40(36,37)34-11-12-38-19(14-34)15-39-18-8-5-16(6-9-18)20-3-1-2-4-22(20)27(29,30)31/h1-10,13,19,33H,11-12,14-15H2,(H2,32,35)/t19-/m0/s1. The summed E-state index contributed by atoms with van der Waals surface area (Å²) in [5.41, 5.74) is 5.30. The minimum Gasteiger partial charge on any atom is -0.491 e. The molecule has 210 valence electrons. The van der Waals surface area contributed by atoms with Gasteiger partial charge in [-0.2, -0.15) is 17.5 Å². The molecule has 1 aromatic heterocycles. The first-order valence-electron chi connectivity index (χ1n) is 12.1. The molecule has 1 aliphatic rings. The summed E-state index contributed by atoms with van der Waals surface area (Å²) >= 11 is 6.09. The first-order valence-corrected chi connectivity index (χ1v) is 13.9. The molecule has 1 fully saturated rings. The van der Waals surface area contributed by atoms with E-state index in [0.29, 0.717) is 21.9 Å². The Morgan fingerprint density at radius 2 is 1.85 bits per heavy atom. The third-order valence-electron chi connectivity index (χ3n) is 6.49. The van der Waals surface area contributed by atoms with E-state index < -0.39 is 33.8 Å². The average Bonchev–Trinajstić information content (AvgIpc) is 3.32. The number of amides is 1. The van der Waals surface area contributed by atoms with Crippen LogP contribution in [0.3, 0.4) is 0 Å². The van der Waals surface area contributed by atoms with E-state index in [1.165, 1.54) is 52.8 Å². The number of nitrogens with two attached hydrogens (primary N) is 1. The summed E-state index contributed by atoms with van der Waals surface area (Å²) in [7, 11) is -4.19. The van der Waals surface area contributed by atoms with Crippen LogP contribution in [0, 0.1) is 0 Å². The van der Waals surface area contributed by atoms with Gasteiger partial charge in [-0.1, -0.05) is 41.9 Å². The number of primary amides is 1. The Bertz CT molecular complexity index is 1670. The molecule has 3 aromatic carbocycles. The van der Waals surface area contributed by atoms with Crippen LogP contribution in [0.1, 0.15) is 16.1 Å². The van der Waals surface area contributed by atoms with E-state index in [0.717, 1.165) is 6.07 Å². The van der Waals surface area contributed by atoms with Crippen molar-refractivity contribution in [2.45, 2.75) is 17.2 Å². The lowest BCUT2D eigenvalue weighted by atomic mass is 9.99. The first-order chi connectivity index (χ1) is 18.9. The summed E-state index contributed by atoms with van der Waals surface area (Å²) in [5, 5.41) is 0.535. The topological polar surface area (TPSA) is 115 Å². The number of sulfonamides is 1. The predicted molar refractivity (Wildman–Crippen MR) is 143 cm³/mol. The quantitative estimate of drug-likeness (QED) is 0.310. The molecule has 1 aliphatic heterocycles. The number of hydrogen-bond donors (Lipinski definition) is 2. The van der Waals surface area contributed by atoms with Crippen molar-refractivity contribution in [3.8, 4) is 16.9 Å². The van der Waals surface area contributed by atoms with Gasteiger partial charge in [0.2, 0.25) is 10.0 Å². The Morgan fingerprint density at radius 1 is 1.12 bits per heavy atom. The van der Waals surface area contributed by atoms with Crippen LogP contribution in [0.2, 0.25) is 5.02 Å². The molecule has 0 bridgehead atoms. The molecule has 1 atom stereocenters. The fourth-order valence-electron chi connectivity index (χ4n) is 4.62. The number of fused-ring (bicyclic) bond motifs is 1. The number of nitrogens with zero attached hydrogens (tertiary/aromatic N) is 1. The third kappa shape index (κ3) is 5.52. The highest BCUT2D eigenvalue weighted by Gasteiger charge is 2.36. The van der Waals surface area contributed by atoms with Crippen molar-refractivity contribution in [3.05, 3.63) is 83.0 Å². The van der Waals surface area contributed by atoms with Gasteiger partial charge in [-0.05, 0) is 47.5 Å². The fourth-order valence-corrected chi connectivity index (χ4v) is 6.59. The number of hydrogen-bond acceptors (Lipinski definition) is 5. The molecule has 3 N–H and O–H groups in total. The van der Waals surface area contributed by atoms with E-state index in [2.05, 4.69) is 4.98 Å². The van der Waals surface area contributed by atoms with Crippen LogP contribution < -0.4 is 10.5 Å². The maximum Gasteiger partial charge on any atom is 0.417 e. The van der Waals surface area contributed by atoms with Gasteiger partial charge in [0.15, 0.2) is 0 Å². The summed E-state index contributed by atoms with van der Waals surface area (Å²) in [6, 6.07) is 16.0. The molecular formula is C27H23ClF3N3O5S. The van der Waals surface area contributed by atoms with Crippen molar-refractivity contribution >= 4 is 38.4 Å². The van der Waals surface area contributed by atoms with Gasteiger partial charge in [-0.15, -0.1) is 0 Å². The highest BCUT2D eigenvalue weighted by Crippen LogP contribution is 2.37. The molecule has 1 saturated heterocycles. The second-order valence-corrected chi connectivity index (χ2v) is 11.4. The second kappa shape index (κ2) is 10.8. The van der Waals surface area contributed by atoms with Gasteiger partial charge in [0.25, 0.3) is 5.91 Å². The number of nitrogens with one attached hydrogen (secondary N) is 1. The normalized spacial score (nSPS) is 16.8. The molecule has 5 rings (SSSR count). The Kier molecular flexibility index (Phi) is 7.53. The number of rotatable bonds is 7. The minimum absolute atomic E-state index is 0.0209. The number of H-pyrrole nitrogens is 1. The number of morpholine rings is 1. The van der Waals surface area contributed by atoms with E-state index in [1.807, 2.05) is 0 Å². The molecule has 13 heteroatoms. The highest BCUT2D eigenvalue weighted by molar-refractivity contribution is 7.89. The van der Waals surface area contributed by atoms with Crippen LogP contribution in [-0.2, 0) is 20.9 Å². The van der Waals surface area contributed by atoms with Crippen LogP contribution in [0.4, 0.5) is 13.2 Å². The Labute approximate surface area is 232 Å². The predicted octanol–water partition coefficient (Wildman–Crippen LogP) is 5.07. The van der Waals surface area contributed by atoms with Crippen LogP contribution in [0.5, 0.6) is 5.75 Å². The third-order valence-corrected chi connectivity index (χ3v) is 8.68. The van der Waals surface area contributed by atoms with Crippen LogP contribution in [0.15, 0.2) is 71.6 Å². The molecule has 1 amide bonds. The SMILES string of the molecule is NC(=O)c1[nH]c2ccc(Cl)cc2c1S(=O)(=O)N1CCO[C@H](COc2ccc(-c3ccccc3C(F)(F)F)cc2)C1. The van der Waals surface area contributed by atoms with E-state index in [-0.39, 0.29) is 47.8 Å². The summed E-state index contributed by atoms with van der Waals surface area (Å²) < 4.78 is 80.1. The number of carbonyl (C=O) groups excluding carboxylic acids is 1. The van der Waals surface area contributed by atoms with Gasteiger partial charge < -0.3 is 20.2 Å². The van der Waals surface area contributed by atoms with E-state index in [1.54, 1.807) is 12.1 Å². The van der Waals surface area contributed by atoms with Gasteiger partial charge in [-0.3, -0.25) is 4.79 Å². The minimum atomic E-state index is -4.49. The number of halogens is 4. The monoisotopic (exact) mass is 593 g/mol. The van der Waals surface area contributed by atoms with Gasteiger partial charge in [0, 0.05) is 29.0 Å². The van der Waals surface area contributed by atoms with Crippen molar-refractivity contribution < 1.29 is 35.9 Å². The fraction of sp³-hybridized carbons (Fsp3) is 0.222. The summed E-state index contributed by atoms with van der Waals surface area (Å²) in [5.74, 6) is -0.556. The smallest absolute Gasteiger partial charge is 0.417 e. The summed E-state index contributed by atoms with van der Waals surface area (Å²) in [4.78, 5) is 14.6. The zero-order valence-corrected chi connectivity index (χ0v) is 22.3. The first kappa shape index (κ1) is 28.0. The molecule has 0 spiro atoms. The number of benzene rings is 3. The molecule has 0 radical (unpaired) electrons. The molecule has 0 aliphatic carbocycles. The maximum atomic E-state index is 13.7. The Morgan fingerprint density at radius 3 is 2.55 bits per heavy atom. The van der Waals surface area contributed by atoms with Gasteiger partial charge in [-0.25, -0.2) is 8.42 Å². The lowest BCUT2D eigenvalue weighted by molar-refractivity contribution is -0.137.